The van der Waals surface area contributed by atoms with Crippen LogP contribution in [0.1, 0.15) is 15.9 Å². The Morgan fingerprint density at radius 3 is 2.25 bits per heavy atom. The lowest BCUT2D eigenvalue weighted by atomic mass is 10.0. The fourth-order valence-electron chi connectivity index (χ4n) is 2.75. The normalized spacial score (nSPS) is 10.4. The summed E-state index contributed by atoms with van der Waals surface area (Å²) in [6.45, 7) is 1.80. The lowest BCUT2D eigenvalue weighted by molar-refractivity contribution is -0.120. The van der Waals surface area contributed by atoms with Crippen LogP contribution in [0.2, 0.25) is 0 Å². The second kappa shape index (κ2) is 7.96. The van der Waals surface area contributed by atoms with Crippen LogP contribution in [0.4, 0.5) is 18.9 Å². The van der Waals surface area contributed by atoms with Gasteiger partial charge in [-0.2, -0.15) is 0 Å². The van der Waals surface area contributed by atoms with Crippen LogP contribution in [0, 0.1) is 24.4 Å². The van der Waals surface area contributed by atoms with Gasteiger partial charge in [-0.3, -0.25) is 9.59 Å². The van der Waals surface area contributed by atoms with Gasteiger partial charge in [-0.15, -0.1) is 0 Å². The highest BCUT2D eigenvalue weighted by Gasteiger charge is 2.18. The molecular weight excluding hydrogens is 371 g/mol. The predicted octanol–water partition coefficient (Wildman–Crippen LogP) is 4.87. The van der Waals surface area contributed by atoms with Gasteiger partial charge in [0.25, 0.3) is 12.4 Å². The molecule has 0 fully saturated rings. The van der Waals surface area contributed by atoms with E-state index < -0.39 is 29.0 Å². The fraction of sp³-hybridized carbons (Fsp3) is 0.0476. The number of hydrogen-bond acceptors (Lipinski definition) is 3. The molecule has 0 aliphatic heterocycles. The van der Waals surface area contributed by atoms with E-state index in [0.717, 1.165) is 18.2 Å². The number of amides is 1. The number of hydrogen-bond donors (Lipinski definition) is 1. The molecule has 1 amide bonds. The number of para-hydroxylation sites is 1. The van der Waals surface area contributed by atoms with Crippen molar-refractivity contribution in [1.29, 1.82) is 0 Å². The zero-order valence-corrected chi connectivity index (χ0v) is 14.6. The molecule has 3 rings (SSSR count). The number of aryl methyl sites for hydroxylation is 1. The number of carbonyl (C=O) groups is 2. The summed E-state index contributed by atoms with van der Waals surface area (Å²) in [6.07, 6.45) is 0. The minimum Gasteiger partial charge on any atom is -0.428 e. The maximum Gasteiger partial charge on any atom is 0.298 e. The van der Waals surface area contributed by atoms with Gasteiger partial charge < -0.3 is 10.1 Å². The van der Waals surface area contributed by atoms with Crippen molar-refractivity contribution < 1.29 is 27.5 Å². The molecule has 0 saturated heterocycles. The van der Waals surface area contributed by atoms with Gasteiger partial charge >= 0.3 is 0 Å². The molecule has 142 valence electrons. The van der Waals surface area contributed by atoms with E-state index in [-0.39, 0.29) is 23.3 Å². The van der Waals surface area contributed by atoms with Crippen LogP contribution in [0.25, 0.3) is 11.1 Å². The largest absolute Gasteiger partial charge is 0.428 e. The van der Waals surface area contributed by atoms with Crippen molar-refractivity contribution in [2.24, 2.45) is 0 Å². The molecule has 0 unspecified atom stereocenters. The Kier molecular flexibility index (Phi) is 5.44. The fourth-order valence-corrected chi connectivity index (χ4v) is 2.75. The third-order valence-electron chi connectivity index (χ3n) is 3.96. The summed E-state index contributed by atoms with van der Waals surface area (Å²) in [6, 6.07) is 11.8. The Morgan fingerprint density at radius 1 is 0.964 bits per heavy atom. The summed E-state index contributed by atoms with van der Waals surface area (Å²) in [7, 11) is 0. The third kappa shape index (κ3) is 4.03. The maximum absolute atomic E-state index is 14.5. The van der Waals surface area contributed by atoms with E-state index in [1.807, 2.05) is 0 Å². The van der Waals surface area contributed by atoms with Gasteiger partial charge in [-0.1, -0.05) is 18.2 Å². The van der Waals surface area contributed by atoms with Crippen LogP contribution >= 0.6 is 0 Å². The minimum atomic E-state index is -1.03. The van der Waals surface area contributed by atoms with Gasteiger partial charge in [0.15, 0.2) is 0 Å². The van der Waals surface area contributed by atoms with Crippen molar-refractivity contribution in [2.45, 2.75) is 6.92 Å². The van der Waals surface area contributed by atoms with Crippen LogP contribution < -0.4 is 10.1 Å². The average Bonchev–Trinajstić information content (AvgIpc) is 2.64. The quantitative estimate of drug-likeness (QED) is 0.638. The smallest absolute Gasteiger partial charge is 0.298 e. The van der Waals surface area contributed by atoms with E-state index in [1.54, 1.807) is 13.0 Å². The average molecular weight is 385 g/mol. The van der Waals surface area contributed by atoms with Crippen molar-refractivity contribution in [3.05, 3.63) is 83.2 Å². The Morgan fingerprint density at radius 2 is 1.61 bits per heavy atom. The van der Waals surface area contributed by atoms with E-state index >= 15 is 0 Å². The molecule has 0 aromatic heterocycles. The van der Waals surface area contributed by atoms with Crippen molar-refractivity contribution in [3.8, 4) is 16.9 Å². The first kappa shape index (κ1) is 19.2. The molecule has 3 aromatic rings. The molecule has 0 heterocycles. The summed E-state index contributed by atoms with van der Waals surface area (Å²) in [4.78, 5) is 22.9. The molecule has 0 spiro atoms. The first-order valence-corrected chi connectivity index (χ1v) is 8.16. The number of anilines is 1. The third-order valence-corrected chi connectivity index (χ3v) is 3.96. The lowest BCUT2D eigenvalue weighted by Crippen LogP contribution is -2.15. The first-order chi connectivity index (χ1) is 13.4. The monoisotopic (exact) mass is 385 g/mol. The Labute approximate surface area is 158 Å². The van der Waals surface area contributed by atoms with Gasteiger partial charge in [0.05, 0.1) is 5.56 Å². The van der Waals surface area contributed by atoms with Crippen LogP contribution in [-0.2, 0) is 4.79 Å². The van der Waals surface area contributed by atoms with Crippen LogP contribution in [0.5, 0.6) is 5.75 Å². The molecule has 0 aliphatic rings. The summed E-state index contributed by atoms with van der Waals surface area (Å²) in [5.41, 5.74) is 0.291. The summed E-state index contributed by atoms with van der Waals surface area (Å²) in [5.74, 6) is -3.50. The highest BCUT2D eigenvalue weighted by molar-refractivity contribution is 6.06. The number of halogens is 3. The summed E-state index contributed by atoms with van der Waals surface area (Å²) >= 11 is 0. The highest BCUT2D eigenvalue weighted by atomic mass is 19.1. The number of benzene rings is 3. The van der Waals surface area contributed by atoms with Crippen molar-refractivity contribution in [2.75, 3.05) is 5.32 Å². The maximum atomic E-state index is 14.5. The lowest BCUT2D eigenvalue weighted by Gasteiger charge is -2.12. The van der Waals surface area contributed by atoms with Gasteiger partial charge in [0.2, 0.25) is 0 Å². The number of rotatable bonds is 5. The van der Waals surface area contributed by atoms with E-state index in [4.69, 9.17) is 4.74 Å². The first-order valence-electron chi connectivity index (χ1n) is 8.16. The standard InChI is InChI=1S/C21H14F3NO3/c1-12-6-13(8-15(22)7-12)14-9-17(23)20(18(24)10-14)25-21(27)16-4-2-3-5-19(16)28-11-26/h2-11H,1H3,(H,25,27). The van der Waals surface area contributed by atoms with Gasteiger partial charge in [-0.25, -0.2) is 13.2 Å². The zero-order valence-electron chi connectivity index (χ0n) is 14.6. The number of carbonyl (C=O) groups excluding carboxylic acids is 2. The summed E-state index contributed by atoms with van der Waals surface area (Å²) < 4.78 is 47.2. The molecular formula is C21H14F3NO3. The van der Waals surface area contributed by atoms with Crippen LogP contribution in [0.3, 0.4) is 0 Å². The predicted molar refractivity (Wildman–Crippen MR) is 97.6 cm³/mol. The van der Waals surface area contributed by atoms with Crippen molar-refractivity contribution in [3.63, 3.8) is 0 Å². The summed E-state index contributed by atoms with van der Waals surface area (Å²) in [5, 5.41) is 2.14. The zero-order chi connectivity index (χ0) is 20.3. The Balaban J connectivity index is 1.94. The Bertz CT molecular complexity index is 1020. The molecule has 4 nitrogen and oxygen atoms in total. The molecule has 0 aliphatic carbocycles. The topological polar surface area (TPSA) is 55.4 Å². The Hall–Kier alpha value is -3.61. The van der Waals surface area contributed by atoms with E-state index in [0.29, 0.717) is 11.1 Å². The molecule has 7 heteroatoms. The highest BCUT2D eigenvalue weighted by Crippen LogP contribution is 2.29. The second-order valence-corrected chi connectivity index (χ2v) is 6.00. The molecule has 0 saturated carbocycles. The van der Waals surface area contributed by atoms with E-state index in [9.17, 15) is 22.8 Å². The van der Waals surface area contributed by atoms with Gasteiger partial charge in [0, 0.05) is 0 Å². The molecule has 1 N–H and O–H groups in total. The van der Waals surface area contributed by atoms with Gasteiger partial charge in [0.1, 0.15) is 28.9 Å². The molecule has 3 aromatic carbocycles. The SMILES string of the molecule is Cc1cc(F)cc(-c2cc(F)c(NC(=O)c3ccccc3OC=O)c(F)c2)c1. The van der Waals surface area contributed by atoms with Crippen molar-refractivity contribution >= 4 is 18.1 Å². The van der Waals surface area contributed by atoms with Crippen LogP contribution in [-0.4, -0.2) is 12.4 Å². The number of ether oxygens (including phenoxy) is 1. The molecule has 0 radical (unpaired) electrons. The van der Waals surface area contributed by atoms with Crippen LogP contribution in [0.15, 0.2) is 54.6 Å². The number of nitrogens with one attached hydrogen (secondary N) is 1. The van der Waals surface area contributed by atoms with Crippen molar-refractivity contribution in [1.82, 2.24) is 0 Å². The minimum absolute atomic E-state index is 0.0531. The van der Waals surface area contributed by atoms with Gasteiger partial charge in [-0.05, 0) is 60.0 Å². The van der Waals surface area contributed by atoms with E-state index in [1.165, 1.54) is 30.3 Å². The molecule has 0 bridgehead atoms. The second-order valence-electron chi connectivity index (χ2n) is 6.00. The van der Waals surface area contributed by atoms with E-state index in [2.05, 4.69) is 5.32 Å². The molecule has 0 atom stereocenters. The molecule has 28 heavy (non-hydrogen) atoms.